The molecule has 0 radical (unpaired) electrons. The van der Waals surface area contributed by atoms with Gasteiger partial charge in [-0.2, -0.15) is 0 Å². The summed E-state index contributed by atoms with van der Waals surface area (Å²) in [7, 11) is 2.04. The number of diazo groups is 1. The van der Waals surface area contributed by atoms with Gasteiger partial charge in [0, 0.05) is 31.4 Å². The van der Waals surface area contributed by atoms with Gasteiger partial charge in [0.05, 0.1) is 0 Å². The van der Waals surface area contributed by atoms with Crippen LogP contribution < -0.4 is 4.90 Å². The molecule has 0 fully saturated rings. The molecular formula is C14H14N3+. The molecule has 17 heavy (non-hydrogen) atoms. The van der Waals surface area contributed by atoms with E-state index in [9.17, 15) is 0 Å². The summed E-state index contributed by atoms with van der Waals surface area (Å²) in [4.78, 5) is 5.29. The minimum absolute atomic E-state index is 0.571. The zero-order chi connectivity index (χ0) is 12.1. The van der Waals surface area contributed by atoms with E-state index in [2.05, 4.69) is 22.0 Å². The molecule has 3 heteroatoms. The Kier molecular flexibility index (Phi) is 3.37. The Morgan fingerprint density at radius 2 is 1.65 bits per heavy atom. The average Bonchev–Trinajstić information content (AvgIpc) is 2.40. The molecule has 0 bridgehead atoms. The summed E-state index contributed by atoms with van der Waals surface area (Å²) in [6.45, 7) is 0.858. The lowest BCUT2D eigenvalue weighted by Gasteiger charge is -2.18. The van der Waals surface area contributed by atoms with Crippen molar-refractivity contribution in [2.45, 2.75) is 6.54 Å². The number of benzene rings is 2. The van der Waals surface area contributed by atoms with E-state index < -0.39 is 0 Å². The molecule has 0 aliphatic rings. The van der Waals surface area contributed by atoms with Crippen molar-refractivity contribution in [3.8, 4) is 0 Å². The van der Waals surface area contributed by atoms with Gasteiger partial charge in [0.2, 0.25) is 5.39 Å². The van der Waals surface area contributed by atoms with Crippen LogP contribution in [0, 0.1) is 5.39 Å². The zero-order valence-corrected chi connectivity index (χ0v) is 9.74. The predicted molar refractivity (Wildman–Crippen MR) is 69.7 cm³/mol. The molecule has 0 heterocycles. The third-order valence-corrected chi connectivity index (χ3v) is 2.67. The van der Waals surface area contributed by atoms with Crippen molar-refractivity contribution in [1.29, 1.82) is 5.39 Å². The maximum atomic E-state index is 8.61. The van der Waals surface area contributed by atoms with Crippen molar-refractivity contribution in [3.63, 3.8) is 0 Å². The van der Waals surface area contributed by atoms with Crippen LogP contribution in [0.1, 0.15) is 5.56 Å². The maximum absolute atomic E-state index is 8.61. The lowest BCUT2D eigenvalue weighted by Crippen LogP contribution is -2.15. The minimum atomic E-state index is 0.571. The first-order valence-electron chi connectivity index (χ1n) is 5.50. The molecule has 3 nitrogen and oxygen atoms in total. The summed E-state index contributed by atoms with van der Waals surface area (Å²) in [5.74, 6) is 0. The van der Waals surface area contributed by atoms with E-state index in [1.165, 1.54) is 5.56 Å². The smallest absolute Gasteiger partial charge is 0.370 e. The molecule has 84 valence electrons. The van der Waals surface area contributed by atoms with Crippen molar-refractivity contribution in [2.24, 2.45) is 0 Å². The quantitative estimate of drug-likeness (QED) is 0.742. The normalized spacial score (nSPS) is 9.65. The molecule has 2 rings (SSSR count). The highest BCUT2D eigenvalue weighted by molar-refractivity contribution is 5.55. The second-order valence-electron chi connectivity index (χ2n) is 3.96. The molecule has 0 saturated heterocycles. The third-order valence-electron chi connectivity index (χ3n) is 2.67. The SMILES string of the molecule is CN(Cc1ccccc1)c1ccc([N+]#N)cc1. The summed E-state index contributed by atoms with van der Waals surface area (Å²) in [6.07, 6.45) is 0. The van der Waals surface area contributed by atoms with E-state index in [1.807, 2.05) is 37.4 Å². The number of rotatable bonds is 3. The van der Waals surface area contributed by atoms with Crippen LogP contribution in [0.25, 0.3) is 4.98 Å². The minimum Gasteiger partial charge on any atom is -0.370 e. The third kappa shape index (κ3) is 2.82. The Morgan fingerprint density at radius 3 is 2.24 bits per heavy atom. The highest BCUT2D eigenvalue weighted by atomic mass is 15.1. The van der Waals surface area contributed by atoms with Crippen molar-refractivity contribution in [2.75, 3.05) is 11.9 Å². The van der Waals surface area contributed by atoms with Gasteiger partial charge >= 0.3 is 5.69 Å². The van der Waals surface area contributed by atoms with Crippen molar-refractivity contribution >= 4 is 11.4 Å². The van der Waals surface area contributed by atoms with Gasteiger partial charge in [-0.05, 0) is 17.7 Å². The summed E-state index contributed by atoms with van der Waals surface area (Å²) >= 11 is 0. The zero-order valence-electron chi connectivity index (χ0n) is 9.74. The van der Waals surface area contributed by atoms with Crippen LogP contribution in [0.2, 0.25) is 0 Å². The van der Waals surface area contributed by atoms with Crippen molar-refractivity contribution in [3.05, 3.63) is 65.1 Å². The summed E-state index contributed by atoms with van der Waals surface area (Å²) in [5.41, 5.74) is 2.94. The molecule has 0 aliphatic heterocycles. The molecule has 0 amide bonds. The monoisotopic (exact) mass is 224 g/mol. The van der Waals surface area contributed by atoms with Gasteiger partial charge in [-0.1, -0.05) is 30.3 Å². The van der Waals surface area contributed by atoms with Crippen LogP contribution in [-0.2, 0) is 6.54 Å². The molecule has 2 aromatic rings. The second-order valence-corrected chi connectivity index (χ2v) is 3.96. The average molecular weight is 224 g/mol. The Bertz CT molecular complexity index is 511. The van der Waals surface area contributed by atoms with E-state index in [4.69, 9.17) is 5.39 Å². The Hall–Kier alpha value is -2.34. The standard InChI is InChI=1S/C14H14N3/c1-17(11-12-5-3-2-4-6-12)14-9-7-13(16-15)8-10-14/h2-10H,11H2,1H3/q+1. The van der Waals surface area contributed by atoms with Crippen LogP contribution in [0.4, 0.5) is 11.4 Å². The van der Waals surface area contributed by atoms with Gasteiger partial charge < -0.3 is 4.90 Å². The van der Waals surface area contributed by atoms with Crippen LogP contribution >= 0.6 is 0 Å². The van der Waals surface area contributed by atoms with Gasteiger partial charge in [-0.3, -0.25) is 0 Å². The van der Waals surface area contributed by atoms with Crippen LogP contribution in [0.3, 0.4) is 0 Å². The van der Waals surface area contributed by atoms with Crippen molar-refractivity contribution in [1.82, 2.24) is 0 Å². The Morgan fingerprint density at radius 1 is 1.00 bits per heavy atom. The first-order valence-corrected chi connectivity index (χ1v) is 5.50. The summed E-state index contributed by atoms with van der Waals surface area (Å²) < 4.78 is 0. The number of nitrogens with zero attached hydrogens (tertiary/aromatic N) is 3. The van der Waals surface area contributed by atoms with Crippen molar-refractivity contribution < 1.29 is 0 Å². The maximum Gasteiger partial charge on any atom is 0.385 e. The molecule has 0 saturated carbocycles. The van der Waals surface area contributed by atoms with E-state index in [0.29, 0.717) is 5.69 Å². The molecule has 2 aromatic carbocycles. The van der Waals surface area contributed by atoms with Gasteiger partial charge in [-0.25, -0.2) is 0 Å². The number of hydrogen-bond donors (Lipinski definition) is 0. The highest BCUT2D eigenvalue weighted by Gasteiger charge is 2.06. The fourth-order valence-electron chi connectivity index (χ4n) is 1.72. The van der Waals surface area contributed by atoms with Crippen LogP contribution in [0.5, 0.6) is 0 Å². The van der Waals surface area contributed by atoms with Gasteiger partial charge in [0.1, 0.15) is 0 Å². The van der Waals surface area contributed by atoms with E-state index in [-0.39, 0.29) is 0 Å². The summed E-state index contributed by atoms with van der Waals surface area (Å²) in [5, 5.41) is 8.61. The molecule has 0 atom stereocenters. The van der Waals surface area contributed by atoms with E-state index in [0.717, 1.165) is 12.2 Å². The van der Waals surface area contributed by atoms with E-state index >= 15 is 0 Å². The number of anilines is 1. The molecule has 0 N–H and O–H groups in total. The Labute approximate surface area is 101 Å². The fourth-order valence-corrected chi connectivity index (χ4v) is 1.72. The molecule has 0 aromatic heterocycles. The highest BCUT2D eigenvalue weighted by Crippen LogP contribution is 2.20. The first-order chi connectivity index (χ1) is 8.29. The topological polar surface area (TPSA) is 31.4 Å². The second kappa shape index (κ2) is 5.13. The van der Waals surface area contributed by atoms with Crippen LogP contribution in [-0.4, -0.2) is 7.05 Å². The van der Waals surface area contributed by atoms with Crippen LogP contribution in [0.15, 0.2) is 54.6 Å². The summed E-state index contributed by atoms with van der Waals surface area (Å²) in [6, 6.07) is 17.8. The van der Waals surface area contributed by atoms with E-state index in [1.54, 1.807) is 12.1 Å². The molecule has 0 aliphatic carbocycles. The lowest BCUT2D eigenvalue weighted by atomic mass is 10.2. The first kappa shape index (κ1) is 11.2. The largest absolute Gasteiger partial charge is 0.385 e. The lowest BCUT2D eigenvalue weighted by molar-refractivity contribution is 0.923. The number of hydrogen-bond acceptors (Lipinski definition) is 2. The fraction of sp³-hybridized carbons (Fsp3) is 0.143. The van der Waals surface area contributed by atoms with Gasteiger partial charge in [-0.15, -0.1) is 0 Å². The molecule has 0 unspecified atom stereocenters. The Balaban J connectivity index is 2.10. The molecular weight excluding hydrogens is 210 g/mol. The predicted octanol–water partition coefficient (Wildman–Crippen LogP) is 3.81. The van der Waals surface area contributed by atoms with Gasteiger partial charge in [0.15, 0.2) is 4.98 Å². The molecule has 0 spiro atoms. The van der Waals surface area contributed by atoms with Gasteiger partial charge in [0.25, 0.3) is 0 Å².